The van der Waals surface area contributed by atoms with Gasteiger partial charge in [0, 0.05) is 12.8 Å². The summed E-state index contributed by atoms with van der Waals surface area (Å²) >= 11 is 0. The first-order chi connectivity index (χ1) is 26.5. The van der Waals surface area contributed by atoms with Crippen LogP contribution in [0.25, 0.3) is 0 Å². The first-order valence-electron chi connectivity index (χ1n) is 21.1. The monoisotopic (exact) mass is 792 g/mol. The van der Waals surface area contributed by atoms with E-state index in [2.05, 4.69) is 74.6 Å². The zero-order valence-corrected chi connectivity index (χ0v) is 36.2. The van der Waals surface area contributed by atoms with Gasteiger partial charge in [-0.2, -0.15) is 0 Å². The minimum Gasteiger partial charge on any atom is -0.756 e. The maximum absolute atomic E-state index is 12.6. The van der Waals surface area contributed by atoms with Crippen molar-refractivity contribution in [2.75, 3.05) is 47.5 Å². The van der Waals surface area contributed by atoms with Gasteiger partial charge in [0.1, 0.15) is 19.8 Å². The normalized spacial score (nSPS) is 14.4. The van der Waals surface area contributed by atoms with E-state index in [1.807, 2.05) is 33.3 Å². The number of hydrogen-bond acceptors (Lipinski definition) is 8. The molecule has 0 aromatic rings. The van der Waals surface area contributed by atoms with E-state index < -0.39 is 32.5 Å². The third-order valence-electron chi connectivity index (χ3n) is 8.46. The van der Waals surface area contributed by atoms with E-state index in [4.69, 9.17) is 18.5 Å². The van der Waals surface area contributed by atoms with Crippen molar-refractivity contribution in [2.24, 2.45) is 0 Å². The molecule has 0 fully saturated rings. The van der Waals surface area contributed by atoms with Crippen LogP contribution in [-0.4, -0.2) is 70.0 Å². The highest BCUT2D eigenvalue weighted by Crippen LogP contribution is 2.38. The number of phosphoric acid groups is 1. The molecule has 0 aromatic carbocycles. The number of quaternary nitrogens is 1. The average molecular weight is 792 g/mol. The predicted molar refractivity (Wildman–Crippen MR) is 226 cm³/mol. The molecule has 0 amide bonds. The number of esters is 2. The van der Waals surface area contributed by atoms with Crippen LogP contribution in [0, 0.1) is 0 Å². The maximum Gasteiger partial charge on any atom is 0.306 e. The van der Waals surface area contributed by atoms with Crippen molar-refractivity contribution in [1.82, 2.24) is 0 Å². The Morgan fingerprint density at radius 1 is 0.564 bits per heavy atom. The Morgan fingerprint density at radius 3 is 1.55 bits per heavy atom. The Bertz CT molecular complexity index is 1170. The Labute approximate surface area is 336 Å². The molecule has 0 radical (unpaired) electrons. The number of carbonyl (C=O) groups excluding carboxylic acids is 2. The Kier molecular flexibility index (Phi) is 35.3. The van der Waals surface area contributed by atoms with E-state index in [0.717, 1.165) is 64.2 Å². The quantitative estimate of drug-likeness (QED) is 0.0201. The molecule has 9 nitrogen and oxygen atoms in total. The van der Waals surface area contributed by atoms with Gasteiger partial charge in [-0.3, -0.25) is 14.2 Å². The molecule has 0 aromatic heterocycles. The lowest BCUT2D eigenvalue weighted by Crippen LogP contribution is -2.37. The minimum absolute atomic E-state index is 0.0467. The highest BCUT2D eigenvalue weighted by Gasteiger charge is 2.21. The van der Waals surface area contributed by atoms with Crippen molar-refractivity contribution in [1.29, 1.82) is 0 Å². The van der Waals surface area contributed by atoms with Gasteiger partial charge in [-0.15, -0.1) is 0 Å². The largest absolute Gasteiger partial charge is 0.756 e. The van der Waals surface area contributed by atoms with E-state index in [1.54, 1.807) is 0 Å². The smallest absolute Gasteiger partial charge is 0.306 e. The zero-order chi connectivity index (χ0) is 40.7. The van der Waals surface area contributed by atoms with Crippen LogP contribution in [0.2, 0.25) is 0 Å². The Balaban J connectivity index is 4.52. The van der Waals surface area contributed by atoms with Crippen LogP contribution in [0.1, 0.15) is 149 Å². The molecule has 0 rings (SSSR count). The van der Waals surface area contributed by atoms with E-state index in [9.17, 15) is 19.0 Å². The van der Waals surface area contributed by atoms with Crippen molar-refractivity contribution in [2.45, 2.75) is 155 Å². The fourth-order valence-electron chi connectivity index (χ4n) is 5.10. The lowest BCUT2D eigenvalue weighted by molar-refractivity contribution is -0.870. The number of ether oxygens (including phenoxy) is 2. The molecule has 0 aliphatic heterocycles. The number of likely N-dealkylation sites (N-methyl/N-ethyl adjacent to an activating group) is 1. The molecule has 0 bridgehead atoms. The molecule has 0 saturated carbocycles. The molecule has 0 aliphatic rings. The van der Waals surface area contributed by atoms with Crippen LogP contribution in [0.4, 0.5) is 0 Å². The number of hydrogen-bond donors (Lipinski definition) is 0. The molecular weight excluding hydrogens is 713 g/mol. The van der Waals surface area contributed by atoms with E-state index in [-0.39, 0.29) is 26.1 Å². The number of nitrogens with zero attached hydrogens (tertiary/aromatic N) is 1. The van der Waals surface area contributed by atoms with E-state index in [1.165, 1.54) is 44.9 Å². The summed E-state index contributed by atoms with van der Waals surface area (Å²) in [5, 5.41) is 0. The van der Waals surface area contributed by atoms with Crippen LogP contribution in [-0.2, 0) is 32.7 Å². The second-order valence-electron chi connectivity index (χ2n) is 15.0. The van der Waals surface area contributed by atoms with Gasteiger partial charge in [-0.05, 0) is 77.0 Å². The van der Waals surface area contributed by atoms with Gasteiger partial charge in [0.05, 0.1) is 27.7 Å². The standard InChI is InChI=1S/C45H78NO8P/c1-6-8-10-12-14-16-18-20-21-22-23-24-25-26-28-29-31-33-35-37-44(47)51-41-43(42-53-55(49,50)52-40-39-46(3,4)5)54-45(48)38-36-34-32-30-27-19-17-15-13-11-9-7-2/h14-17,20-21,23-24,26,28,31,33,43H,6-13,18-19,22,25,27,29-30,32,34-42H2,1-5H3/b16-14+,17-15+,21-20+,24-23+,28-26+,33-31+/t43-/m0/s1. The topological polar surface area (TPSA) is 111 Å². The SMILES string of the molecule is CCCCC/C=C/C/C=C/C/C=C/C/C=C/C/C=C/CCC(=O)OC[C@@H](COP(=O)([O-])OCC[N+](C)(C)C)OC(=O)CCCCCCC/C=C/CCCCC. The molecule has 0 heterocycles. The summed E-state index contributed by atoms with van der Waals surface area (Å²) in [4.78, 5) is 37.4. The number of allylic oxidation sites excluding steroid dienone is 12. The van der Waals surface area contributed by atoms with Crippen LogP contribution in [0.3, 0.4) is 0 Å². The molecule has 0 spiro atoms. The number of carbonyl (C=O) groups is 2. The van der Waals surface area contributed by atoms with Gasteiger partial charge in [0.25, 0.3) is 7.82 Å². The Hall–Kier alpha value is -2.55. The third kappa shape index (κ3) is 40.9. The summed E-state index contributed by atoms with van der Waals surface area (Å²) in [7, 11) is 1.11. The van der Waals surface area contributed by atoms with Crippen molar-refractivity contribution in [3.63, 3.8) is 0 Å². The van der Waals surface area contributed by atoms with Crippen molar-refractivity contribution in [3.05, 3.63) is 72.9 Å². The fourth-order valence-corrected chi connectivity index (χ4v) is 5.83. The lowest BCUT2D eigenvalue weighted by atomic mass is 10.1. The van der Waals surface area contributed by atoms with Gasteiger partial charge in [0.15, 0.2) is 6.10 Å². The molecule has 10 heteroatoms. The molecule has 0 N–H and O–H groups in total. The highest BCUT2D eigenvalue weighted by molar-refractivity contribution is 7.45. The van der Waals surface area contributed by atoms with Crippen LogP contribution in [0.15, 0.2) is 72.9 Å². The highest BCUT2D eigenvalue weighted by atomic mass is 31.2. The summed E-state index contributed by atoms with van der Waals surface area (Å²) in [5.74, 6) is -0.949. The van der Waals surface area contributed by atoms with Crippen molar-refractivity contribution in [3.8, 4) is 0 Å². The molecular formula is C45H78NO8P. The second-order valence-corrected chi connectivity index (χ2v) is 16.4. The summed E-state index contributed by atoms with van der Waals surface area (Å²) in [6.45, 7) is 4.05. The third-order valence-corrected chi connectivity index (χ3v) is 9.43. The minimum atomic E-state index is -4.64. The van der Waals surface area contributed by atoms with Gasteiger partial charge in [-0.25, -0.2) is 0 Å². The fraction of sp³-hybridized carbons (Fsp3) is 0.689. The number of unbranched alkanes of at least 4 members (excludes halogenated alkanes) is 11. The molecule has 0 saturated heterocycles. The van der Waals surface area contributed by atoms with Crippen LogP contribution < -0.4 is 4.89 Å². The summed E-state index contributed by atoms with van der Waals surface area (Å²) in [5.41, 5.74) is 0. The van der Waals surface area contributed by atoms with Gasteiger partial charge >= 0.3 is 11.9 Å². The molecule has 2 atom stereocenters. The van der Waals surface area contributed by atoms with E-state index >= 15 is 0 Å². The Morgan fingerprint density at radius 2 is 1.02 bits per heavy atom. The van der Waals surface area contributed by atoms with Crippen LogP contribution >= 0.6 is 7.82 Å². The lowest BCUT2D eigenvalue weighted by Gasteiger charge is -2.28. The summed E-state index contributed by atoms with van der Waals surface area (Å²) < 4.78 is 33.7. The van der Waals surface area contributed by atoms with Gasteiger partial charge in [-0.1, -0.05) is 132 Å². The first-order valence-corrected chi connectivity index (χ1v) is 22.6. The number of rotatable bonds is 37. The zero-order valence-electron chi connectivity index (χ0n) is 35.3. The molecule has 316 valence electrons. The van der Waals surface area contributed by atoms with Gasteiger partial charge in [0.2, 0.25) is 0 Å². The second kappa shape index (κ2) is 37.1. The number of phosphoric ester groups is 1. The first kappa shape index (κ1) is 52.5. The average Bonchev–Trinajstić information content (AvgIpc) is 3.13. The maximum atomic E-state index is 12.6. The molecule has 55 heavy (non-hydrogen) atoms. The predicted octanol–water partition coefficient (Wildman–Crippen LogP) is 11.2. The summed E-state index contributed by atoms with van der Waals surface area (Å²) in [6.07, 6.45) is 45.2. The molecule has 0 aliphatic carbocycles. The summed E-state index contributed by atoms with van der Waals surface area (Å²) in [6, 6.07) is 0. The van der Waals surface area contributed by atoms with Crippen molar-refractivity contribution < 1.29 is 42.1 Å². The van der Waals surface area contributed by atoms with Crippen LogP contribution in [0.5, 0.6) is 0 Å². The van der Waals surface area contributed by atoms with E-state index in [0.29, 0.717) is 23.9 Å². The molecule has 1 unspecified atom stereocenters. The van der Waals surface area contributed by atoms with Crippen molar-refractivity contribution >= 4 is 19.8 Å². The van der Waals surface area contributed by atoms with Gasteiger partial charge < -0.3 is 27.9 Å².